The van der Waals surface area contributed by atoms with Crippen LogP contribution in [0.5, 0.6) is 0 Å². The number of aryl methyl sites for hydroxylation is 1. The number of hydrogen-bond donors (Lipinski definition) is 2. The lowest BCUT2D eigenvalue weighted by atomic mass is 10.1. The summed E-state index contributed by atoms with van der Waals surface area (Å²) in [6.07, 6.45) is -0.751. The highest BCUT2D eigenvalue weighted by Crippen LogP contribution is 2.26. The third-order valence-electron chi connectivity index (χ3n) is 5.68. The highest BCUT2D eigenvalue weighted by Gasteiger charge is 2.31. The normalized spacial score (nSPS) is 16.2. The van der Waals surface area contributed by atoms with E-state index >= 15 is 0 Å². The number of fused-ring (bicyclic) bond motifs is 1. The van der Waals surface area contributed by atoms with E-state index < -0.39 is 6.10 Å². The summed E-state index contributed by atoms with van der Waals surface area (Å²) >= 11 is 1.58. The van der Waals surface area contributed by atoms with Gasteiger partial charge in [-0.2, -0.15) is 5.10 Å². The summed E-state index contributed by atoms with van der Waals surface area (Å²) in [6, 6.07) is 15.3. The molecule has 5 rings (SSSR count). The number of aromatic amines is 1. The topological polar surface area (TPSA) is 100 Å². The lowest BCUT2D eigenvalue weighted by Crippen LogP contribution is -2.50. The minimum Gasteiger partial charge on any atom is -0.365 e. The number of rotatable bonds is 4. The molecule has 0 spiro atoms. The standard InChI is InChI=1S/C24H23N5O3S/c1-14-21(16-6-4-3-5-7-16)27-28-22(14)24(31)29-10-11-32-19(13-29)23(30)26-17-8-9-18-20(12-17)33-15(2)25-18/h3-9,12,19H,10-11,13H2,1-2H3,(H,26,30)(H,27,28). The zero-order chi connectivity index (χ0) is 22.9. The fraction of sp³-hybridized carbons (Fsp3) is 0.250. The molecule has 2 amide bonds. The molecule has 1 aliphatic heterocycles. The van der Waals surface area contributed by atoms with Gasteiger partial charge in [-0.05, 0) is 32.0 Å². The van der Waals surface area contributed by atoms with Crippen LogP contribution in [0.3, 0.4) is 0 Å². The Hall–Kier alpha value is -3.56. The summed E-state index contributed by atoms with van der Waals surface area (Å²) in [5.74, 6) is -0.468. The van der Waals surface area contributed by atoms with Gasteiger partial charge >= 0.3 is 0 Å². The molecule has 0 saturated carbocycles. The summed E-state index contributed by atoms with van der Waals surface area (Å²) in [5, 5.41) is 11.1. The number of aromatic nitrogens is 3. The van der Waals surface area contributed by atoms with Gasteiger partial charge in [0.1, 0.15) is 5.69 Å². The number of nitrogens with zero attached hydrogens (tertiary/aromatic N) is 3. The number of H-pyrrole nitrogens is 1. The van der Waals surface area contributed by atoms with E-state index in [0.717, 1.165) is 32.0 Å². The smallest absolute Gasteiger partial charge is 0.272 e. The van der Waals surface area contributed by atoms with Crippen molar-refractivity contribution in [1.29, 1.82) is 0 Å². The van der Waals surface area contributed by atoms with Gasteiger partial charge in [-0.15, -0.1) is 11.3 Å². The van der Waals surface area contributed by atoms with Crippen molar-refractivity contribution in [3.8, 4) is 11.3 Å². The monoisotopic (exact) mass is 461 g/mol. The van der Waals surface area contributed by atoms with Crippen molar-refractivity contribution in [2.75, 3.05) is 25.0 Å². The van der Waals surface area contributed by atoms with E-state index in [4.69, 9.17) is 4.74 Å². The average Bonchev–Trinajstić information content (AvgIpc) is 3.40. The van der Waals surface area contributed by atoms with Crippen molar-refractivity contribution < 1.29 is 14.3 Å². The number of nitrogens with one attached hydrogen (secondary N) is 2. The van der Waals surface area contributed by atoms with Gasteiger partial charge in [-0.3, -0.25) is 14.7 Å². The lowest BCUT2D eigenvalue weighted by Gasteiger charge is -2.32. The molecule has 1 unspecified atom stereocenters. The number of thiazole rings is 1. The Kier molecular flexibility index (Phi) is 5.65. The molecular formula is C24H23N5O3S. The third kappa shape index (κ3) is 4.24. The molecule has 0 aliphatic carbocycles. The minimum atomic E-state index is -0.751. The van der Waals surface area contributed by atoms with Gasteiger partial charge in [0.05, 0.1) is 34.1 Å². The van der Waals surface area contributed by atoms with Crippen LogP contribution in [0.4, 0.5) is 5.69 Å². The van der Waals surface area contributed by atoms with Gasteiger partial charge in [-0.25, -0.2) is 4.98 Å². The molecule has 0 radical (unpaired) electrons. The van der Waals surface area contributed by atoms with Gasteiger partial charge in [0, 0.05) is 23.4 Å². The second-order valence-electron chi connectivity index (χ2n) is 7.95. The summed E-state index contributed by atoms with van der Waals surface area (Å²) in [4.78, 5) is 32.1. The van der Waals surface area contributed by atoms with Crippen LogP contribution in [0.15, 0.2) is 48.5 Å². The van der Waals surface area contributed by atoms with E-state index in [1.807, 2.05) is 62.4 Å². The zero-order valence-electron chi connectivity index (χ0n) is 18.3. The minimum absolute atomic E-state index is 0.172. The summed E-state index contributed by atoms with van der Waals surface area (Å²) in [5.41, 5.74) is 4.49. The molecular weight excluding hydrogens is 438 g/mol. The first-order valence-electron chi connectivity index (χ1n) is 10.7. The van der Waals surface area contributed by atoms with Gasteiger partial charge in [-0.1, -0.05) is 30.3 Å². The van der Waals surface area contributed by atoms with Crippen LogP contribution in [0, 0.1) is 13.8 Å². The van der Waals surface area contributed by atoms with E-state index in [2.05, 4.69) is 20.5 Å². The van der Waals surface area contributed by atoms with Crippen LogP contribution in [-0.4, -0.2) is 57.7 Å². The van der Waals surface area contributed by atoms with Crippen LogP contribution < -0.4 is 5.32 Å². The Morgan fingerprint density at radius 2 is 2.00 bits per heavy atom. The number of morpholine rings is 1. The number of carbonyl (C=O) groups excluding carboxylic acids is 2. The SMILES string of the molecule is Cc1nc2ccc(NC(=O)C3CN(C(=O)c4[nH]nc(-c5ccccc5)c4C)CCO3)cc2s1. The molecule has 2 aromatic heterocycles. The first-order chi connectivity index (χ1) is 16.0. The molecule has 168 valence electrons. The molecule has 1 saturated heterocycles. The Morgan fingerprint density at radius 1 is 1.18 bits per heavy atom. The van der Waals surface area contributed by atoms with Crippen LogP contribution in [0.2, 0.25) is 0 Å². The molecule has 1 aliphatic rings. The Bertz CT molecular complexity index is 1330. The summed E-state index contributed by atoms with van der Waals surface area (Å²) in [6.45, 7) is 4.70. The fourth-order valence-electron chi connectivity index (χ4n) is 3.97. The molecule has 0 bridgehead atoms. The second-order valence-corrected chi connectivity index (χ2v) is 9.19. The predicted molar refractivity (Wildman–Crippen MR) is 127 cm³/mol. The number of hydrogen-bond acceptors (Lipinski definition) is 6. The Balaban J connectivity index is 1.28. The summed E-state index contributed by atoms with van der Waals surface area (Å²) in [7, 11) is 0. The van der Waals surface area contributed by atoms with Gasteiger partial charge < -0.3 is 15.0 Å². The van der Waals surface area contributed by atoms with E-state index in [0.29, 0.717) is 17.9 Å². The maximum absolute atomic E-state index is 13.2. The largest absolute Gasteiger partial charge is 0.365 e. The van der Waals surface area contributed by atoms with Crippen molar-refractivity contribution in [2.45, 2.75) is 20.0 Å². The van der Waals surface area contributed by atoms with Gasteiger partial charge in [0.15, 0.2) is 6.10 Å². The van der Waals surface area contributed by atoms with Crippen molar-refractivity contribution in [2.24, 2.45) is 0 Å². The van der Waals surface area contributed by atoms with Crippen LogP contribution in [0.1, 0.15) is 21.1 Å². The third-order valence-corrected chi connectivity index (χ3v) is 6.61. The molecule has 1 atom stereocenters. The molecule has 9 heteroatoms. The van der Waals surface area contributed by atoms with Crippen molar-refractivity contribution in [1.82, 2.24) is 20.1 Å². The Morgan fingerprint density at radius 3 is 2.82 bits per heavy atom. The van der Waals surface area contributed by atoms with Gasteiger partial charge in [0.2, 0.25) is 0 Å². The van der Waals surface area contributed by atoms with Crippen molar-refractivity contribution >= 4 is 39.1 Å². The molecule has 3 heterocycles. The number of amides is 2. The molecule has 1 fully saturated rings. The average molecular weight is 462 g/mol. The highest BCUT2D eigenvalue weighted by atomic mass is 32.1. The molecule has 2 aromatic carbocycles. The van der Waals surface area contributed by atoms with E-state index in [1.54, 1.807) is 16.2 Å². The van der Waals surface area contributed by atoms with E-state index in [1.165, 1.54) is 0 Å². The maximum atomic E-state index is 13.2. The van der Waals surface area contributed by atoms with Crippen LogP contribution >= 0.6 is 11.3 Å². The van der Waals surface area contributed by atoms with Crippen molar-refractivity contribution in [3.63, 3.8) is 0 Å². The second kappa shape index (κ2) is 8.76. The van der Waals surface area contributed by atoms with Crippen LogP contribution in [-0.2, 0) is 9.53 Å². The van der Waals surface area contributed by atoms with E-state index in [9.17, 15) is 9.59 Å². The van der Waals surface area contributed by atoms with Gasteiger partial charge in [0.25, 0.3) is 11.8 Å². The summed E-state index contributed by atoms with van der Waals surface area (Å²) < 4.78 is 6.69. The maximum Gasteiger partial charge on any atom is 0.272 e. The first-order valence-corrected chi connectivity index (χ1v) is 11.5. The first kappa shape index (κ1) is 21.3. The Labute approximate surface area is 194 Å². The molecule has 8 nitrogen and oxygen atoms in total. The number of benzene rings is 2. The fourth-order valence-corrected chi connectivity index (χ4v) is 4.84. The molecule has 2 N–H and O–H groups in total. The number of carbonyl (C=O) groups is 2. The highest BCUT2D eigenvalue weighted by molar-refractivity contribution is 7.18. The lowest BCUT2D eigenvalue weighted by molar-refractivity contribution is -0.131. The van der Waals surface area contributed by atoms with E-state index in [-0.39, 0.29) is 25.0 Å². The molecule has 33 heavy (non-hydrogen) atoms. The van der Waals surface area contributed by atoms with Crippen LogP contribution in [0.25, 0.3) is 21.5 Å². The predicted octanol–water partition coefficient (Wildman–Crippen LogP) is 3.78. The number of ether oxygens (including phenoxy) is 1. The number of anilines is 1. The zero-order valence-corrected chi connectivity index (χ0v) is 19.1. The van der Waals surface area contributed by atoms with Crippen molar-refractivity contribution in [3.05, 3.63) is 64.8 Å². The molecule has 4 aromatic rings. The quantitative estimate of drug-likeness (QED) is 0.482.